The number of hydrogen-bond donors (Lipinski definition) is 0. The average molecular weight is 499 g/mol. The monoisotopic (exact) mass is 498 g/mol. The molecule has 0 N–H and O–H groups in total. The Hall–Kier alpha value is -4.88. The van der Waals surface area contributed by atoms with Gasteiger partial charge >= 0.3 is 0 Å². The van der Waals surface area contributed by atoms with Crippen LogP contribution in [0.15, 0.2) is 140 Å². The second kappa shape index (κ2) is 8.31. The molecule has 184 valence electrons. The lowest BCUT2D eigenvalue weighted by atomic mass is 9.70. The number of benzene rings is 6. The Balaban J connectivity index is 1.39. The van der Waals surface area contributed by atoms with Crippen molar-refractivity contribution < 1.29 is 4.74 Å². The molecule has 2 aliphatic carbocycles. The summed E-state index contributed by atoms with van der Waals surface area (Å²) in [5, 5.41) is 0. The summed E-state index contributed by atoms with van der Waals surface area (Å²) in [5.74, 6) is 0.866. The zero-order chi connectivity index (χ0) is 26.0. The zero-order valence-corrected chi connectivity index (χ0v) is 21.7. The largest absolute Gasteiger partial charge is 0.497 e. The molecule has 39 heavy (non-hydrogen) atoms. The number of rotatable bonds is 3. The van der Waals surface area contributed by atoms with Gasteiger partial charge in [-0.1, -0.05) is 121 Å². The van der Waals surface area contributed by atoms with Crippen LogP contribution in [0, 0.1) is 0 Å². The molecule has 0 saturated carbocycles. The molecule has 1 nitrogen and oxygen atoms in total. The maximum atomic E-state index is 5.53. The lowest BCUT2D eigenvalue weighted by molar-refractivity contribution is 0.415. The zero-order valence-electron chi connectivity index (χ0n) is 21.7. The summed E-state index contributed by atoms with van der Waals surface area (Å²) in [5.41, 5.74) is 15.3. The van der Waals surface area contributed by atoms with Crippen LogP contribution in [-0.4, -0.2) is 7.11 Å². The van der Waals surface area contributed by atoms with Crippen molar-refractivity contribution in [2.75, 3.05) is 7.11 Å². The van der Waals surface area contributed by atoms with Crippen molar-refractivity contribution in [1.29, 1.82) is 0 Å². The van der Waals surface area contributed by atoms with Gasteiger partial charge in [0.1, 0.15) is 5.75 Å². The molecule has 0 saturated heterocycles. The van der Waals surface area contributed by atoms with Gasteiger partial charge in [0.2, 0.25) is 0 Å². The van der Waals surface area contributed by atoms with Crippen LogP contribution in [0.5, 0.6) is 5.75 Å². The molecular formula is C38H26O. The van der Waals surface area contributed by atoms with Gasteiger partial charge in [0, 0.05) is 0 Å². The van der Waals surface area contributed by atoms with Crippen LogP contribution in [0.25, 0.3) is 44.5 Å². The van der Waals surface area contributed by atoms with E-state index in [1.807, 2.05) is 6.07 Å². The molecular weight excluding hydrogens is 472 g/mol. The fraction of sp³-hybridized carbons (Fsp3) is 0.0526. The molecule has 8 rings (SSSR count). The van der Waals surface area contributed by atoms with Gasteiger partial charge in [-0.05, 0) is 85.0 Å². The van der Waals surface area contributed by atoms with E-state index in [-0.39, 0.29) is 5.41 Å². The third-order valence-electron chi connectivity index (χ3n) is 8.62. The van der Waals surface area contributed by atoms with Crippen LogP contribution in [0.4, 0.5) is 0 Å². The molecule has 0 atom stereocenters. The first-order chi connectivity index (χ1) is 19.3. The van der Waals surface area contributed by atoms with E-state index in [9.17, 15) is 0 Å². The summed E-state index contributed by atoms with van der Waals surface area (Å²) in [6.07, 6.45) is 0. The normalized spacial score (nSPS) is 13.5. The molecule has 0 aliphatic heterocycles. The van der Waals surface area contributed by atoms with E-state index in [4.69, 9.17) is 4.74 Å². The highest BCUT2D eigenvalue weighted by atomic mass is 16.5. The van der Waals surface area contributed by atoms with Crippen molar-refractivity contribution in [3.8, 4) is 50.3 Å². The Bertz CT molecular complexity index is 1870. The van der Waals surface area contributed by atoms with E-state index < -0.39 is 0 Å². The summed E-state index contributed by atoms with van der Waals surface area (Å²) in [6.45, 7) is 0. The van der Waals surface area contributed by atoms with E-state index in [2.05, 4.69) is 133 Å². The first-order valence-electron chi connectivity index (χ1n) is 13.5. The van der Waals surface area contributed by atoms with Crippen molar-refractivity contribution in [3.63, 3.8) is 0 Å². The molecule has 0 radical (unpaired) electrons. The fourth-order valence-corrected chi connectivity index (χ4v) is 7.04. The Labute approximate surface area is 229 Å². The van der Waals surface area contributed by atoms with E-state index in [1.54, 1.807) is 7.11 Å². The predicted octanol–water partition coefficient (Wildman–Crippen LogP) is 9.37. The van der Waals surface area contributed by atoms with E-state index in [1.165, 1.54) is 61.2 Å². The summed E-state index contributed by atoms with van der Waals surface area (Å²) >= 11 is 0. The molecule has 0 aromatic heterocycles. The second-order valence-electron chi connectivity index (χ2n) is 10.4. The summed E-state index contributed by atoms with van der Waals surface area (Å²) < 4.78 is 5.53. The molecule has 1 heteroatoms. The molecule has 0 fully saturated rings. The van der Waals surface area contributed by atoms with Crippen LogP contribution >= 0.6 is 0 Å². The van der Waals surface area contributed by atoms with E-state index in [0.29, 0.717) is 0 Å². The highest BCUT2D eigenvalue weighted by molar-refractivity contribution is 5.96. The van der Waals surface area contributed by atoms with Crippen LogP contribution in [0.2, 0.25) is 0 Å². The fourth-order valence-electron chi connectivity index (χ4n) is 7.04. The topological polar surface area (TPSA) is 9.23 Å². The molecule has 6 aromatic carbocycles. The van der Waals surface area contributed by atoms with Gasteiger partial charge in [-0.3, -0.25) is 0 Å². The average Bonchev–Trinajstić information content (AvgIpc) is 3.48. The maximum Gasteiger partial charge on any atom is 0.119 e. The van der Waals surface area contributed by atoms with Gasteiger partial charge in [0.15, 0.2) is 0 Å². The molecule has 6 aromatic rings. The van der Waals surface area contributed by atoms with Gasteiger partial charge in [0.25, 0.3) is 0 Å². The van der Waals surface area contributed by atoms with Gasteiger partial charge < -0.3 is 4.74 Å². The highest BCUT2D eigenvalue weighted by Gasteiger charge is 2.51. The number of hydrogen-bond acceptors (Lipinski definition) is 1. The summed E-state index contributed by atoms with van der Waals surface area (Å²) in [6, 6.07) is 51.0. The number of fused-ring (bicyclic) bond motifs is 10. The van der Waals surface area contributed by atoms with Gasteiger partial charge in [-0.25, -0.2) is 0 Å². The molecule has 1 spiro atoms. The van der Waals surface area contributed by atoms with E-state index in [0.717, 1.165) is 11.3 Å². The Morgan fingerprint density at radius 3 is 1.41 bits per heavy atom. The third kappa shape index (κ3) is 2.96. The van der Waals surface area contributed by atoms with Crippen molar-refractivity contribution in [2.24, 2.45) is 0 Å². The van der Waals surface area contributed by atoms with Crippen molar-refractivity contribution in [2.45, 2.75) is 5.41 Å². The predicted molar refractivity (Wildman–Crippen MR) is 160 cm³/mol. The van der Waals surface area contributed by atoms with Crippen molar-refractivity contribution in [3.05, 3.63) is 162 Å². The summed E-state index contributed by atoms with van der Waals surface area (Å²) in [4.78, 5) is 0. The van der Waals surface area contributed by atoms with Crippen LogP contribution in [-0.2, 0) is 5.41 Å². The lowest BCUT2D eigenvalue weighted by Crippen LogP contribution is -2.25. The molecule has 0 bridgehead atoms. The highest BCUT2D eigenvalue weighted by Crippen LogP contribution is 2.62. The Kier molecular flexibility index (Phi) is 4.72. The first kappa shape index (κ1) is 22.1. The van der Waals surface area contributed by atoms with Gasteiger partial charge in [-0.15, -0.1) is 0 Å². The quantitative estimate of drug-likeness (QED) is 0.236. The molecule has 0 heterocycles. The SMILES string of the molecule is COc1cccc(-c2ccccc2-c2ccc3c(c2)-c2ccccc2C32c3ccccc3-c3ccccc32)c1. The Morgan fingerprint density at radius 2 is 0.846 bits per heavy atom. The smallest absolute Gasteiger partial charge is 0.119 e. The second-order valence-corrected chi connectivity index (χ2v) is 10.4. The molecule has 0 unspecified atom stereocenters. The number of methoxy groups -OCH3 is 1. The van der Waals surface area contributed by atoms with Crippen LogP contribution in [0.1, 0.15) is 22.3 Å². The minimum atomic E-state index is -0.302. The number of ether oxygens (including phenoxy) is 1. The third-order valence-corrected chi connectivity index (χ3v) is 8.62. The van der Waals surface area contributed by atoms with Gasteiger partial charge in [0.05, 0.1) is 12.5 Å². The van der Waals surface area contributed by atoms with Crippen LogP contribution < -0.4 is 4.74 Å². The maximum absolute atomic E-state index is 5.53. The molecule has 0 amide bonds. The standard InChI is InChI=1S/C38H26O/c1-39-27-12-10-11-25(23-27)28-13-2-3-14-29(28)26-21-22-37-33(24-26)32-17-6-9-20-36(32)38(37)34-18-7-4-15-30(34)31-16-5-8-19-35(31)38/h2-24H,1H3. The minimum Gasteiger partial charge on any atom is -0.497 e. The van der Waals surface area contributed by atoms with Gasteiger partial charge in [-0.2, -0.15) is 0 Å². The van der Waals surface area contributed by atoms with Crippen molar-refractivity contribution >= 4 is 0 Å². The summed E-state index contributed by atoms with van der Waals surface area (Å²) in [7, 11) is 1.72. The first-order valence-corrected chi connectivity index (χ1v) is 13.5. The molecule has 2 aliphatic rings. The van der Waals surface area contributed by atoms with Crippen molar-refractivity contribution in [1.82, 2.24) is 0 Å². The lowest BCUT2D eigenvalue weighted by Gasteiger charge is -2.30. The Morgan fingerprint density at radius 1 is 0.385 bits per heavy atom. The van der Waals surface area contributed by atoms with Crippen LogP contribution in [0.3, 0.4) is 0 Å². The van der Waals surface area contributed by atoms with E-state index >= 15 is 0 Å². The minimum absolute atomic E-state index is 0.302.